The molecule has 0 atom stereocenters. The third-order valence-electron chi connectivity index (χ3n) is 4.10. The molecule has 1 amide bonds. The average Bonchev–Trinajstić information content (AvgIpc) is 2.71. The number of aryl methyl sites for hydroxylation is 2. The first-order valence-corrected chi connectivity index (χ1v) is 9.19. The number of rotatable bonds is 7. The minimum absolute atomic E-state index is 0.0364. The maximum absolute atomic E-state index is 12.2. The molecule has 0 aliphatic rings. The topological polar surface area (TPSA) is 77.5 Å². The van der Waals surface area contributed by atoms with Crippen LogP contribution in [0.15, 0.2) is 67.0 Å². The second-order valence-corrected chi connectivity index (χ2v) is 6.62. The lowest BCUT2D eigenvalue weighted by molar-refractivity contribution is -0.143. The monoisotopic (exact) mass is 390 g/mol. The number of nitrogens with one attached hydrogen (secondary N) is 1. The number of carbonyl (C=O) groups is 2. The second kappa shape index (κ2) is 9.50. The summed E-state index contributed by atoms with van der Waals surface area (Å²) in [6.07, 6.45) is 3.26. The molecular weight excluding hydrogens is 368 g/mol. The van der Waals surface area contributed by atoms with Crippen molar-refractivity contribution in [3.63, 3.8) is 0 Å². The van der Waals surface area contributed by atoms with Crippen molar-refractivity contribution in [2.75, 3.05) is 6.54 Å². The van der Waals surface area contributed by atoms with Crippen LogP contribution in [0.2, 0.25) is 0 Å². The zero-order valence-electron chi connectivity index (χ0n) is 16.3. The van der Waals surface area contributed by atoms with E-state index >= 15 is 0 Å². The summed E-state index contributed by atoms with van der Waals surface area (Å²) in [5.41, 5.74) is 3.21. The quantitative estimate of drug-likeness (QED) is 0.618. The SMILES string of the molecule is Cc1cc(C)cc(C(=O)NCC(=O)OCc2ccccc2Oc2cccnc2)c1. The minimum Gasteiger partial charge on any atom is -0.459 e. The number of carbonyl (C=O) groups excluding carboxylic acids is 2. The van der Waals surface area contributed by atoms with E-state index in [4.69, 9.17) is 9.47 Å². The summed E-state index contributed by atoms with van der Waals surface area (Å²) < 4.78 is 11.1. The van der Waals surface area contributed by atoms with Crippen molar-refractivity contribution >= 4 is 11.9 Å². The average molecular weight is 390 g/mol. The van der Waals surface area contributed by atoms with E-state index in [9.17, 15) is 9.59 Å². The molecule has 0 saturated heterocycles. The van der Waals surface area contributed by atoms with E-state index in [1.807, 2.05) is 38.1 Å². The fourth-order valence-corrected chi connectivity index (χ4v) is 2.83. The van der Waals surface area contributed by atoms with Crippen molar-refractivity contribution in [1.82, 2.24) is 10.3 Å². The predicted molar refractivity (Wildman–Crippen MR) is 109 cm³/mol. The van der Waals surface area contributed by atoms with E-state index in [0.29, 0.717) is 22.6 Å². The summed E-state index contributed by atoms with van der Waals surface area (Å²) in [5.74, 6) is 0.326. The molecule has 3 rings (SSSR count). The fraction of sp³-hybridized carbons (Fsp3) is 0.174. The summed E-state index contributed by atoms with van der Waals surface area (Å²) >= 11 is 0. The Balaban J connectivity index is 1.54. The Hall–Kier alpha value is -3.67. The molecule has 1 heterocycles. The fourth-order valence-electron chi connectivity index (χ4n) is 2.83. The maximum Gasteiger partial charge on any atom is 0.325 e. The highest BCUT2D eigenvalue weighted by atomic mass is 16.5. The van der Waals surface area contributed by atoms with Crippen LogP contribution in [0, 0.1) is 13.8 Å². The molecule has 0 spiro atoms. The van der Waals surface area contributed by atoms with Gasteiger partial charge in [-0.15, -0.1) is 0 Å². The second-order valence-electron chi connectivity index (χ2n) is 6.62. The van der Waals surface area contributed by atoms with Gasteiger partial charge in [0, 0.05) is 17.3 Å². The Kier molecular flexibility index (Phi) is 6.58. The smallest absolute Gasteiger partial charge is 0.325 e. The molecule has 0 bridgehead atoms. The highest BCUT2D eigenvalue weighted by molar-refractivity contribution is 5.96. The Morgan fingerprint density at radius 1 is 1.00 bits per heavy atom. The molecule has 0 aliphatic heterocycles. The lowest BCUT2D eigenvalue weighted by Crippen LogP contribution is -2.30. The standard InChI is InChI=1S/C23H22N2O4/c1-16-10-17(2)12-19(11-16)23(27)25-14-22(26)28-15-18-6-3-4-8-21(18)29-20-7-5-9-24-13-20/h3-13H,14-15H2,1-2H3,(H,25,27). The Morgan fingerprint density at radius 3 is 2.48 bits per heavy atom. The van der Waals surface area contributed by atoms with Gasteiger partial charge in [-0.05, 0) is 44.2 Å². The first-order valence-electron chi connectivity index (χ1n) is 9.19. The number of aromatic nitrogens is 1. The van der Waals surface area contributed by atoms with Crippen LogP contribution in [0.3, 0.4) is 0 Å². The number of para-hydroxylation sites is 1. The molecule has 148 valence electrons. The van der Waals surface area contributed by atoms with E-state index in [1.165, 1.54) is 0 Å². The van der Waals surface area contributed by atoms with Crippen LogP contribution in [0.25, 0.3) is 0 Å². The lowest BCUT2D eigenvalue weighted by atomic mass is 10.1. The molecule has 0 aliphatic carbocycles. The maximum atomic E-state index is 12.2. The number of ether oxygens (including phenoxy) is 2. The van der Waals surface area contributed by atoms with Crippen molar-refractivity contribution in [3.8, 4) is 11.5 Å². The van der Waals surface area contributed by atoms with E-state index < -0.39 is 5.97 Å². The van der Waals surface area contributed by atoms with Gasteiger partial charge in [0.05, 0.1) is 6.20 Å². The summed E-state index contributed by atoms with van der Waals surface area (Å²) in [7, 11) is 0. The predicted octanol–water partition coefficient (Wildman–Crippen LogP) is 3.96. The van der Waals surface area contributed by atoms with Crippen molar-refractivity contribution in [2.45, 2.75) is 20.5 Å². The minimum atomic E-state index is -0.529. The molecular formula is C23H22N2O4. The van der Waals surface area contributed by atoms with Gasteiger partial charge in [-0.2, -0.15) is 0 Å². The molecule has 3 aromatic rings. The molecule has 0 fully saturated rings. The van der Waals surface area contributed by atoms with Gasteiger partial charge in [0.25, 0.3) is 5.91 Å². The van der Waals surface area contributed by atoms with Crippen molar-refractivity contribution in [2.24, 2.45) is 0 Å². The highest BCUT2D eigenvalue weighted by Gasteiger charge is 2.11. The van der Waals surface area contributed by atoms with Gasteiger partial charge in [0.1, 0.15) is 24.7 Å². The first-order chi connectivity index (χ1) is 14.0. The van der Waals surface area contributed by atoms with Crippen LogP contribution < -0.4 is 10.1 Å². The molecule has 0 radical (unpaired) electrons. The molecule has 0 unspecified atom stereocenters. The number of nitrogens with zero attached hydrogens (tertiary/aromatic N) is 1. The molecule has 6 nitrogen and oxygen atoms in total. The number of hydrogen-bond acceptors (Lipinski definition) is 5. The summed E-state index contributed by atoms with van der Waals surface area (Å²) in [6, 6.07) is 16.4. The van der Waals surface area contributed by atoms with E-state index in [-0.39, 0.29) is 19.1 Å². The Bertz CT molecular complexity index is 983. The molecule has 0 saturated carbocycles. The largest absolute Gasteiger partial charge is 0.459 e. The van der Waals surface area contributed by atoms with Crippen LogP contribution in [0.1, 0.15) is 27.0 Å². The number of amides is 1. The van der Waals surface area contributed by atoms with Gasteiger partial charge in [-0.1, -0.05) is 35.4 Å². The number of pyridine rings is 1. The molecule has 1 aromatic heterocycles. The van der Waals surface area contributed by atoms with Gasteiger partial charge in [0.2, 0.25) is 0 Å². The Morgan fingerprint density at radius 2 is 1.76 bits per heavy atom. The normalized spacial score (nSPS) is 10.3. The van der Waals surface area contributed by atoms with Crippen LogP contribution in [-0.4, -0.2) is 23.4 Å². The summed E-state index contributed by atoms with van der Waals surface area (Å²) in [6.45, 7) is 3.66. The van der Waals surface area contributed by atoms with Crippen LogP contribution in [0.4, 0.5) is 0 Å². The van der Waals surface area contributed by atoms with Crippen LogP contribution in [0.5, 0.6) is 11.5 Å². The zero-order chi connectivity index (χ0) is 20.6. The van der Waals surface area contributed by atoms with Gasteiger partial charge in [0.15, 0.2) is 0 Å². The highest BCUT2D eigenvalue weighted by Crippen LogP contribution is 2.25. The molecule has 29 heavy (non-hydrogen) atoms. The molecule has 2 aromatic carbocycles. The molecule has 6 heteroatoms. The number of esters is 1. The third kappa shape index (κ3) is 5.90. The van der Waals surface area contributed by atoms with Gasteiger partial charge in [-0.25, -0.2) is 0 Å². The van der Waals surface area contributed by atoms with Crippen molar-refractivity contribution in [3.05, 3.63) is 89.2 Å². The van der Waals surface area contributed by atoms with E-state index in [2.05, 4.69) is 10.3 Å². The van der Waals surface area contributed by atoms with Gasteiger partial charge >= 0.3 is 5.97 Å². The third-order valence-corrected chi connectivity index (χ3v) is 4.10. The molecule has 1 N–H and O–H groups in total. The first kappa shape index (κ1) is 20.1. The zero-order valence-corrected chi connectivity index (χ0v) is 16.3. The van der Waals surface area contributed by atoms with Crippen molar-refractivity contribution < 1.29 is 19.1 Å². The van der Waals surface area contributed by atoms with E-state index in [0.717, 1.165) is 11.1 Å². The summed E-state index contributed by atoms with van der Waals surface area (Å²) in [5, 5.41) is 2.59. The van der Waals surface area contributed by atoms with Gasteiger partial charge in [-0.3, -0.25) is 14.6 Å². The van der Waals surface area contributed by atoms with Crippen molar-refractivity contribution in [1.29, 1.82) is 0 Å². The lowest BCUT2D eigenvalue weighted by Gasteiger charge is -2.12. The summed E-state index contributed by atoms with van der Waals surface area (Å²) in [4.78, 5) is 28.3. The Labute approximate surface area is 169 Å². The van der Waals surface area contributed by atoms with Crippen LogP contribution >= 0.6 is 0 Å². The van der Waals surface area contributed by atoms with Gasteiger partial charge < -0.3 is 14.8 Å². The van der Waals surface area contributed by atoms with E-state index in [1.54, 1.807) is 42.7 Å². The number of benzene rings is 2. The van der Waals surface area contributed by atoms with Crippen LogP contribution in [-0.2, 0) is 16.1 Å². The number of hydrogen-bond donors (Lipinski definition) is 1.